The summed E-state index contributed by atoms with van der Waals surface area (Å²) in [6.07, 6.45) is -1.76. The lowest BCUT2D eigenvalue weighted by atomic mass is 10.1. The molecule has 27 heavy (non-hydrogen) atoms. The number of carbonyl (C=O) groups excluding carboxylic acids is 1. The summed E-state index contributed by atoms with van der Waals surface area (Å²) < 4.78 is 63.5. The summed E-state index contributed by atoms with van der Waals surface area (Å²) >= 11 is 0. The van der Waals surface area contributed by atoms with Crippen molar-refractivity contribution in [1.82, 2.24) is 14.9 Å². The van der Waals surface area contributed by atoms with Gasteiger partial charge in [0.25, 0.3) is 5.91 Å². The predicted molar refractivity (Wildman–Crippen MR) is 95.4 cm³/mol. The van der Waals surface area contributed by atoms with E-state index in [1.54, 1.807) is 5.32 Å². The third-order valence-electron chi connectivity index (χ3n) is 4.69. The Balaban J connectivity index is 0.00000261. The maximum atomic E-state index is 12.8. The van der Waals surface area contributed by atoms with Crippen molar-refractivity contribution >= 4 is 28.3 Å². The fourth-order valence-electron chi connectivity index (χ4n) is 3.34. The molecule has 0 aliphatic carbocycles. The maximum Gasteiger partial charge on any atom is 0.405 e. The van der Waals surface area contributed by atoms with Gasteiger partial charge in [-0.2, -0.15) is 17.5 Å². The van der Waals surface area contributed by atoms with E-state index in [4.69, 9.17) is 0 Å². The maximum absolute atomic E-state index is 12.8. The van der Waals surface area contributed by atoms with Gasteiger partial charge in [-0.25, -0.2) is 8.42 Å². The lowest BCUT2D eigenvalue weighted by Crippen LogP contribution is -2.39. The Morgan fingerprint density at radius 3 is 2.41 bits per heavy atom. The quantitative estimate of drug-likeness (QED) is 0.769. The van der Waals surface area contributed by atoms with Crippen LogP contribution in [0.1, 0.15) is 29.6 Å². The Morgan fingerprint density at radius 2 is 1.78 bits per heavy atom. The minimum Gasteiger partial charge on any atom is -0.343 e. The van der Waals surface area contributed by atoms with Crippen molar-refractivity contribution in [3.63, 3.8) is 0 Å². The number of sulfonamides is 1. The summed E-state index contributed by atoms with van der Waals surface area (Å²) in [4.78, 5) is 11.7. The van der Waals surface area contributed by atoms with Crippen LogP contribution in [0.25, 0.3) is 0 Å². The van der Waals surface area contributed by atoms with Crippen LogP contribution in [0.4, 0.5) is 13.2 Å². The fraction of sp³-hybridized carbons (Fsp3) is 0.562. The highest BCUT2D eigenvalue weighted by atomic mass is 35.5. The second kappa shape index (κ2) is 8.34. The second-order valence-corrected chi connectivity index (χ2v) is 8.55. The third-order valence-corrected chi connectivity index (χ3v) is 6.57. The first kappa shape index (κ1) is 21.9. The van der Waals surface area contributed by atoms with Crippen molar-refractivity contribution in [3.8, 4) is 0 Å². The molecule has 3 rings (SSSR count). The van der Waals surface area contributed by atoms with E-state index >= 15 is 0 Å². The average Bonchev–Trinajstić information content (AvgIpc) is 2.90. The van der Waals surface area contributed by atoms with Crippen LogP contribution in [0, 0.1) is 0 Å². The standard InChI is InChI=1S/C16H20F3N3O3S.ClH/c17-16(18,19)10-20-15(23)11-1-5-14(6-2-11)26(24,25)22-8-7-12-3-4-13(9-22)21-12;/h1-2,5-6,12-13,21H,3-4,7-10H2,(H,20,23);1H. The SMILES string of the molecule is Cl.O=C(NCC(F)(F)F)c1ccc(S(=O)(=O)N2CCC3CCC(C2)N3)cc1. The van der Waals surface area contributed by atoms with Crippen molar-refractivity contribution in [2.24, 2.45) is 0 Å². The fourth-order valence-corrected chi connectivity index (χ4v) is 4.84. The smallest absolute Gasteiger partial charge is 0.343 e. The van der Waals surface area contributed by atoms with Crippen LogP contribution in [-0.2, 0) is 10.0 Å². The molecule has 0 aromatic heterocycles. The topological polar surface area (TPSA) is 78.5 Å². The van der Waals surface area contributed by atoms with Gasteiger partial charge in [-0.3, -0.25) is 4.79 Å². The third kappa shape index (κ3) is 5.34. The molecule has 2 saturated heterocycles. The zero-order chi connectivity index (χ0) is 18.9. The van der Waals surface area contributed by atoms with Gasteiger partial charge in [0.15, 0.2) is 0 Å². The molecular formula is C16H21ClF3N3O3S. The van der Waals surface area contributed by atoms with Gasteiger partial charge in [-0.1, -0.05) is 0 Å². The molecule has 0 saturated carbocycles. The molecule has 2 unspecified atom stereocenters. The first-order valence-electron chi connectivity index (χ1n) is 8.36. The van der Waals surface area contributed by atoms with Crippen LogP contribution in [-0.4, -0.2) is 56.5 Å². The number of halogens is 4. The van der Waals surface area contributed by atoms with E-state index in [2.05, 4.69) is 5.32 Å². The molecule has 2 fully saturated rings. The first-order valence-corrected chi connectivity index (χ1v) is 9.80. The van der Waals surface area contributed by atoms with Crippen molar-refractivity contribution in [2.75, 3.05) is 19.6 Å². The van der Waals surface area contributed by atoms with Crippen LogP contribution in [0.2, 0.25) is 0 Å². The zero-order valence-electron chi connectivity index (χ0n) is 14.3. The number of amides is 1. The summed E-state index contributed by atoms with van der Waals surface area (Å²) in [6.45, 7) is -0.619. The van der Waals surface area contributed by atoms with E-state index in [1.807, 2.05) is 0 Å². The Bertz CT molecular complexity index is 771. The minimum atomic E-state index is -4.50. The molecule has 0 radical (unpaired) electrons. The summed E-state index contributed by atoms with van der Waals surface area (Å²) in [7, 11) is -3.70. The highest BCUT2D eigenvalue weighted by Crippen LogP contribution is 2.25. The van der Waals surface area contributed by atoms with Gasteiger partial charge < -0.3 is 10.6 Å². The number of carbonyl (C=O) groups is 1. The number of rotatable bonds is 4. The van der Waals surface area contributed by atoms with Crippen molar-refractivity contribution in [1.29, 1.82) is 0 Å². The number of nitrogens with zero attached hydrogens (tertiary/aromatic N) is 1. The van der Waals surface area contributed by atoms with Crippen LogP contribution in [0.5, 0.6) is 0 Å². The van der Waals surface area contributed by atoms with Gasteiger partial charge in [0.2, 0.25) is 10.0 Å². The number of hydrogen-bond donors (Lipinski definition) is 2. The molecular weight excluding hydrogens is 407 g/mol. The lowest BCUT2D eigenvalue weighted by molar-refractivity contribution is -0.123. The molecule has 1 aromatic rings. The summed E-state index contributed by atoms with van der Waals surface area (Å²) in [5, 5.41) is 5.16. The Kier molecular flexibility index (Phi) is 6.77. The molecule has 2 bridgehead atoms. The van der Waals surface area contributed by atoms with Crippen molar-refractivity contribution < 1.29 is 26.4 Å². The van der Waals surface area contributed by atoms with Gasteiger partial charge in [-0.05, 0) is 43.5 Å². The van der Waals surface area contributed by atoms with Crippen molar-refractivity contribution in [2.45, 2.75) is 42.4 Å². The summed E-state index contributed by atoms with van der Waals surface area (Å²) in [6, 6.07) is 5.45. The second-order valence-electron chi connectivity index (χ2n) is 6.61. The molecule has 0 spiro atoms. The lowest BCUT2D eigenvalue weighted by Gasteiger charge is -2.23. The molecule has 2 aliphatic heterocycles. The van der Waals surface area contributed by atoms with Gasteiger partial charge in [0.1, 0.15) is 6.54 Å². The Hall–Kier alpha value is -1.36. The zero-order valence-corrected chi connectivity index (χ0v) is 16.0. The monoisotopic (exact) mass is 427 g/mol. The van der Waals surface area contributed by atoms with Crippen LogP contribution in [0.15, 0.2) is 29.2 Å². The molecule has 2 atom stereocenters. The minimum absolute atomic E-state index is 0. The van der Waals surface area contributed by atoms with Gasteiger partial charge >= 0.3 is 6.18 Å². The number of hydrogen-bond acceptors (Lipinski definition) is 4. The number of alkyl halides is 3. The van der Waals surface area contributed by atoms with E-state index in [9.17, 15) is 26.4 Å². The normalized spacial score (nSPS) is 23.4. The molecule has 11 heteroatoms. The average molecular weight is 428 g/mol. The van der Waals surface area contributed by atoms with E-state index < -0.39 is 28.7 Å². The predicted octanol–water partition coefficient (Wildman–Crippen LogP) is 1.92. The highest BCUT2D eigenvalue weighted by molar-refractivity contribution is 7.89. The molecule has 2 N–H and O–H groups in total. The number of fused-ring (bicyclic) bond motifs is 2. The van der Waals surface area contributed by atoms with E-state index in [0.717, 1.165) is 19.3 Å². The highest BCUT2D eigenvalue weighted by Gasteiger charge is 2.35. The Labute approximate surface area is 162 Å². The summed E-state index contributed by atoms with van der Waals surface area (Å²) in [5.74, 6) is -0.900. The number of nitrogens with one attached hydrogen (secondary N) is 2. The van der Waals surface area contributed by atoms with Gasteiger partial charge in [-0.15, -0.1) is 12.4 Å². The van der Waals surface area contributed by atoms with Crippen LogP contribution in [0.3, 0.4) is 0 Å². The van der Waals surface area contributed by atoms with E-state index in [0.29, 0.717) is 19.1 Å². The summed E-state index contributed by atoms with van der Waals surface area (Å²) in [5.41, 5.74) is -0.0233. The van der Waals surface area contributed by atoms with E-state index in [-0.39, 0.29) is 28.9 Å². The number of benzene rings is 1. The van der Waals surface area contributed by atoms with Gasteiger partial charge in [0, 0.05) is 30.7 Å². The van der Waals surface area contributed by atoms with Crippen LogP contribution >= 0.6 is 12.4 Å². The van der Waals surface area contributed by atoms with E-state index in [1.165, 1.54) is 28.6 Å². The molecule has 1 aromatic carbocycles. The molecule has 6 nitrogen and oxygen atoms in total. The van der Waals surface area contributed by atoms with Crippen molar-refractivity contribution in [3.05, 3.63) is 29.8 Å². The molecule has 1 amide bonds. The largest absolute Gasteiger partial charge is 0.405 e. The molecule has 2 aliphatic rings. The van der Waals surface area contributed by atoms with Crippen LogP contribution < -0.4 is 10.6 Å². The first-order chi connectivity index (χ1) is 12.1. The Morgan fingerprint density at radius 1 is 1.15 bits per heavy atom. The molecule has 2 heterocycles. The molecule has 152 valence electrons. The van der Waals surface area contributed by atoms with Gasteiger partial charge in [0.05, 0.1) is 4.90 Å².